The second-order valence-corrected chi connectivity index (χ2v) is 11.2. The number of hydrogen-bond donors (Lipinski definition) is 0. The lowest BCUT2D eigenvalue weighted by atomic mass is 10.2. The van der Waals surface area contributed by atoms with Crippen LogP contribution < -0.4 is 11.1 Å². The molecule has 180 valence electrons. The molecule has 0 aliphatic carbocycles. The summed E-state index contributed by atoms with van der Waals surface area (Å²) in [6, 6.07) is 11.5. The van der Waals surface area contributed by atoms with Crippen molar-refractivity contribution < 1.29 is 0 Å². The molecule has 4 aromatic heterocycles. The Balaban J connectivity index is 1.56. The number of benzene rings is 1. The van der Waals surface area contributed by atoms with Gasteiger partial charge in [0.05, 0.1) is 24.1 Å². The molecule has 4 heterocycles. The molecule has 0 amide bonds. The van der Waals surface area contributed by atoms with Gasteiger partial charge in [0.25, 0.3) is 11.1 Å². The van der Waals surface area contributed by atoms with Crippen LogP contribution in [-0.2, 0) is 19.9 Å². The van der Waals surface area contributed by atoms with E-state index in [9.17, 15) is 9.59 Å². The molecule has 0 atom stereocenters. The van der Waals surface area contributed by atoms with E-state index in [1.807, 2.05) is 69.0 Å². The third kappa shape index (κ3) is 4.56. The quantitative estimate of drug-likeness (QED) is 0.303. The van der Waals surface area contributed by atoms with E-state index < -0.39 is 0 Å². The van der Waals surface area contributed by atoms with Crippen LogP contribution in [-0.4, -0.2) is 22.8 Å². The fourth-order valence-electron chi connectivity index (χ4n) is 4.36. The molecule has 0 unspecified atom stereocenters. The summed E-state index contributed by atoms with van der Waals surface area (Å²) in [7, 11) is 0. The highest BCUT2D eigenvalue weighted by Gasteiger charge is 2.19. The van der Waals surface area contributed by atoms with Gasteiger partial charge in [-0.3, -0.25) is 14.5 Å². The Hall–Kier alpha value is -2.85. The monoisotopic (exact) mass is 525 g/mol. The number of nitrogens with zero attached hydrogens (tertiary/aromatic N) is 5. The van der Waals surface area contributed by atoms with Crippen molar-refractivity contribution in [2.24, 2.45) is 0 Å². The number of hydrogen-bond acceptors (Lipinski definition) is 7. The maximum absolute atomic E-state index is 13.3. The predicted octanol–water partition coefficient (Wildman–Crippen LogP) is 5.23. The molecule has 0 radical (unpaired) electrons. The summed E-state index contributed by atoms with van der Waals surface area (Å²) in [4.78, 5) is 39.1. The van der Waals surface area contributed by atoms with Crippen molar-refractivity contribution in [3.8, 4) is 0 Å². The van der Waals surface area contributed by atoms with Crippen molar-refractivity contribution in [3.05, 3.63) is 90.2 Å². The first-order chi connectivity index (χ1) is 16.7. The lowest BCUT2D eigenvalue weighted by Crippen LogP contribution is -2.33. The van der Waals surface area contributed by atoms with E-state index in [1.54, 1.807) is 7.91 Å². The number of halogens is 1. The average Bonchev–Trinajstić information content (AvgIpc) is 3.25. The van der Waals surface area contributed by atoms with Gasteiger partial charge >= 0.3 is 0 Å². The third-order valence-corrected chi connectivity index (χ3v) is 8.21. The van der Waals surface area contributed by atoms with E-state index in [-0.39, 0.29) is 11.1 Å². The maximum Gasteiger partial charge on any atom is 0.271 e. The van der Waals surface area contributed by atoms with Crippen LogP contribution in [0.1, 0.15) is 28.1 Å². The number of aromatic nitrogens is 4. The minimum Gasteiger partial charge on any atom is -0.268 e. The zero-order valence-corrected chi connectivity index (χ0v) is 22.2. The van der Waals surface area contributed by atoms with Crippen molar-refractivity contribution in [3.63, 3.8) is 0 Å². The number of fused-ring (bicyclic) bond motifs is 2. The molecule has 0 N–H and O–H groups in total. The standard InChI is InChI=1S/C25H24ClN5O2S2/c1-14-9-16(3)27-22-20(14)24(32)30(34-22)12-29(11-18-7-5-6-8-19(18)26)13-31-25(33)21-15(2)10-17(4)28-23(21)35-31/h5-10H,11-13H2,1-4H3. The first-order valence-corrected chi connectivity index (χ1v) is 13.1. The smallest absolute Gasteiger partial charge is 0.268 e. The van der Waals surface area contributed by atoms with Gasteiger partial charge in [0.1, 0.15) is 9.66 Å². The lowest BCUT2D eigenvalue weighted by molar-refractivity contribution is 0.171. The van der Waals surface area contributed by atoms with Gasteiger partial charge in [-0.05, 0) is 85.6 Å². The highest BCUT2D eigenvalue weighted by Crippen LogP contribution is 2.23. The Morgan fingerprint density at radius 3 is 1.80 bits per heavy atom. The van der Waals surface area contributed by atoms with Crippen molar-refractivity contribution in [2.75, 3.05) is 0 Å². The van der Waals surface area contributed by atoms with Crippen molar-refractivity contribution >= 4 is 55.1 Å². The van der Waals surface area contributed by atoms with Gasteiger partial charge in [0.2, 0.25) is 0 Å². The number of pyridine rings is 2. The zero-order chi connectivity index (χ0) is 24.9. The average molecular weight is 526 g/mol. The van der Waals surface area contributed by atoms with Crippen LogP contribution in [0.3, 0.4) is 0 Å². The minimum atomic E-state index is -0.0732. The molecular formula is C25H24ClN5O2S2. The molecule has 35 heavy (non-hydrogen) atoms. The van der Waals surface area contributed by atoms with Crippen LogP contribution in [0.2, 0.25) is 5.02 Å². The van der Waals surface area contributed by atoms with Gasteiger partial charge in [-0.1, -0.05) is 29.8 Å². The van der Waals surface area contributed by atoms with E-state index in [0.29, 0.717) is 35.7 Å². The van der Waals surface area contributed by atoms with Crippen LogP contribution in [0.25, 0.3) is 20.4 Å². The minimum absolute atomic E-state index is 0.0732. The second kappa shape index (κ2) is 9.31. The van der Waals surface area contributed by atoms with E-state index >= 15 is 0 Å². The fraction of sp³-hybridized carbons (Fsp3) is 0.280. The highest BCUT2D eigenvalue weighted by molar-refractivity contribution is 7.13. The van der Waals surface area contributed by atoms with Crippen molar-refractivity contribution in [2.45, 2.75) is 47.6 Å². The highest BCUT2D eigenvalue weighted by atomic mass is 35.5. The first kappa shape index (κ1) is 23.9. The summed E-state index contributed by atoms with van der Waals surface area (Å²) in [5, 5.41) is 1.94. The summed E-state index contributed by atoms with van der Waals surface area (Å²) in [5.74, 6) is 0. The fourth-order valence-corrected chi connectivity index (χ4v) is 6.81. The Morgan fingerprint density at radius 2 is 1.31 bits per heavy atom. The molecule has 5 aromatic rings. The molecular weight excluding hydrogens is 502 g/mol. The van der Waals surface area contributed by atoms with Crippen LogP contribution >= 0.6 is 34.7 Å². The SMILES string of the molecule is Cc1cc(C)c2c(=O)n(CN(Cc3ccccc3Cl)Cn3sc4nc(C)cc(C)c4c3=O)sc2n1. The molecule has 0 aliphatic heterocycles. The summed E-state index contributed by atoms with van der Waals surface area (Å²) >= 11 is 9.15. The van der Waals surface area contributed by atoms with Crippen LogP contribution in [0.4, 0.5) is 0 Å². The zero-order valence-electron chi connectivity index (χ0n) is 19.8. The second-order valence-electron chi connectivity index (χ2n) is 8.77. The van der Waals surface area contributed by atoms with Gasteiger partial charge in [0.15, 0.2) is 0 Å². The van der Waals surface area contributed by atoms with Gasteiger partial charge in [0, 0.05) is 23.0 Å². The normalized spacial score (nSPS) is 11.8. The number of rotatable bonds is 6. The largest absolute Gasteiger partial charge is 0.271 e. The molecule has 5 rings (SSSR count). The van der Waals surface area contributed by atoms with Gasteiger partial charge < -0.3 is 0 Å². The molecule has 0 saturated carbocycles. The Bertz CT molecular complexity index is 1600. The summed E-state index contributed by atoms with van der Waals surface area (Å²) in [6.07, 6.45) is 0. The molecule has 1 aromatic carbocycles. The molecule has 7 nitrogen and oxygen atoms in total. The molecule has 10 heteroatoms. The van der Waals surface area contributed by atoms with E-state index in [2.05, 4.69) is 9.97 Å². The third-order valence-electron chi connectivity index (χ3n) is 5.91. The first-order valence-electron chi connectivity index (χ1n) is 11.1. The van der Waals surface area contributed by atoms with Gasteiger partial charge in [-0.2, -0.15) is 0 Å². The van der Waals surface area contributed by atoms with Crippen molar-refractivity contribution in [1.82, 2.24) is 22.8 Å². The maximum atomic E-state index is 13.3. The van der Waals surface area contributed by atoms with Crippen LogP contribution in [0.15, 0.2) is 46.0 Å². The van der Waals surface area contributed by atoms with Gasteiger partial charge in [-0.25, -0.2) is 17.9 Å². The van der Waals surface area contributed by atoms with Crippen molar-refractivity contribution in [1.29, 1.82) is 0 Å². The molecule has 0 spiro atoms. The van der Waals surface area contributed by atoms with E-state index in [1.165, 1.54) is 23.1 Å². The summed E-state index contributed by atoms with van der Waals surface area (Å²) in [6.45, 7) is 8.80. The molecule has 0 saturated heterocycles. The molecule has 0 bridgehead atoms. The van der Waals surface area contributed by atoms with Crippen LogP contribution in [0, 0.1) is 27.7 Å². The Morgan fingerprint density at radius 1 is 0.829 bits per heavy atom. The van der Waals surface area contributed by atoms with Gasteiger partial charge in [-0.15, -0.1) is 0 Å². The molecule has 0 aliphatic rings. The predicted molar refractivity (Wildman–Crippen MR) is 144 cm³/mol. The number of aryl methyl sites for hydroxylation is 4. The Labute approximate surface area is 215 Å². The van der Waals surface area contributed by atoms with Crippen LogP contribution in [0.5, 0.6) is 0 Å². The summed E-state index contributed by atoms with van der Waals surface area (Å²) in [5.41, 5.74) is 4.38. The van der Waals surface area contributed by atoms with E-state index in [0.717, 1.165) is 37.7 Å². The Kier molecular flexibility index (Phi) is 6.35. The topological polar surface area (TPSA) is 73.0 Å². The van der Waals surface area contributed by atoms with E-state index in [4.69, 9.17) is 11.6 Å². The summed E-state index contributed by atoms with van der Waals surface area (Å²) < 4.78 is 3.40. The molecule has 0 fully saturated rings. The lowest BCUT2D eigenvalue weighted by Gasteiger charge is -2.22.